The molecule has 0 aromatic carbocycles. The predicted molar refractivity (Wildman–Crippen MR) is 103 cm³/mol. The molecule has 4 nitrogen and oxygen atoms in total. The molecule has 2 atom stereocenters. The summed E-state index contributed by atoms with van der Waals surface area (Å²) in [5.74, 6) is 7.84. The van der Waals surface area contributed by atoms with Gasteiger partial charge in [0.2, 0.25) is 0 Å². The Balaban J connectivity index is -0.00000102. The molecular weight excluding hydrogens is 304 g/mol. The zero-order valence-corrected chi connectivity index (χ0v) is 17.7. The third kappa shape index (κ3) is 15.0. The summed E-state index contributed by atoms with van der Waals surface area (Å²) in [6, 6.07) is 0. The van der Waals surface area contributed by atoms with Crippen molar-refractivity contribution in [2.24, 2.45) is 11.8 Å². The Morgan fingerprint density at radius 2 is 0.958 bits per heavy atom. The molecule has 146 valence electrons. The van der Waals surface area contributed by atoms with Crippen LogP contribution < -0.4 is 0 Å². The quantitative estimate of drug-likeness (QED) is 0.655. The molecule has 0 bridgehead atoms. The molecule has 0 radical (unpaired) electrons. The summed E-state index contributed by atoms with van der Waals surface area (Å²) in [6.45, 7) is 18.4. The van der Waals surface area contributed by atoms with Gasteiger partial charge in [-0.25, -0.2) is 0 Å². The van der Waals surface area contributed by atoms with Crippen molar-refractivity contribution in [3.05, 3.63) is 0 Å². The summed E-state index contributed by atoms with van der Waals surface area (Å²) >= 11 is 0. The topological polar surface area (TPSA) is 58.9 Å². The van der Waals surface area contributed by atoms with E-state index in [-0.39, 0.29) is 11.2 Å². The monoisotopic (exact) mass is 346 g/mol. The van der Waals surface area contributed by atoms with E-state index in [0.717, 1.165) is 27.1 Å². The molecule has 0 aliphatic rings. The molecule has 0 heterocycles. The highest BCUT2D eigenvalue weighted by molar-refractivity contribution is 5.20. The maximum atomic E-state index is 7.00. The van der Waals surface area contributed by atoms with Gasteiger partial charge in [-0.05, 0) is 52.4 Å². The fourth-order valence-electron chi connectivity index (χ4n) is 2.75. The molecule has 0 saturated carbocycles. The van der Waals surface area contributed by atoms with Crippen molar-refractivity contribution in [1.82, 2.24) is 0 Å². The van der Waals surface area contributed by atoms with E-state index in [1.54, 1.807) is 0 Å². The smallest absolute Gasteiger partial charge is 0.126 e. The lowest BCUT2D eigenvalue weighted by atomic mass is 9.90. The van der Waals surface area contributed by atoms with E-state index in [0.29, 0.717) is 25.0 Å². The Labute approximate surface area is 150 Å². The molecule has 4 heteroatoms. The van der Waals surface area contributed by atoms with Crippen LogP contribution in [0, 0.1) is 23.7 Å². The van der Waals surface area contributed by atoms with Crippen LogP contribution in [-0.2, 0) is 9.47 Å². The second-order valence-corrected chi connectivity index (χ2v) is 6.77. The average molecular weight is 347 g/mol. The van der Waals surface area contributed by atoms with Gasteiger partial charge in [0.15, 0.2) is 0 Å². The van der Waals surface area contributed by atoms with Gasteiger partial charge in [0.25, 0.3) is 0 Å². The highest BCUT2D eigenvalue weighted by Gasteiger charge is 2.27. The zero-order chi connectivity index (χ0) is 19.8. The van der Waals surface area contributed by atoms with Crippen LogP contribution >= 0.6 is 0 Å². The van der Waals surface area contributed by atoms with E-state index < -0.39 is 0 Å². The first-order valence-corrected chi connectivity index (χ1v) is 8.88. The normalized spacial score (nSPS) is 15.1. The Morgan fingerprint density at radius 3 is 1.12 bits per heavy atom. The number of hydrogen-bond acceptors (Lipinski definition) is 4. The van der Waals surface area contributed by atoms with Crippen LogP contribution in [0.5, 0.6) is 0 Å². The molecule has 0 aliphatic carbocycles. The van der Waals surface area contributed by atoms with Gasteiger partial charge in [-0.15, -0.1) is 0 Å². The molecule has 24 heavy (non-hydrogen) atoms. The third-order valence-electron chi connectivity index (χ3n) is 3.11. The molecular formula is C20H42O4. The van der Waals surface area contributed by atoms with Crippen LogP contribution in [0.15, 0.2) is 0 Å². The number of aliphatic hydroxyl groups excluding tert-OH is 2. The van der Waals surface area contributed by atoms with Gasteiger partial charge >= 0.3 is 0 Å². The maximum absolute atomic E-state index is 7.00. The van der Waals surface area contributed by atoms with Crippen molar-refractivity contribution in [2.75, 3.05) is 27.4 Å². The third-order valence-corrected chi connectivity index (χ3v) is 3.11. The summed E-state index contributed by atoms with van der Waals surface area (Å²) in [6.07, 6.45) is 1.88. The van der Waals surface area contributed by atoms with E-state index in [4.69, 9.17) is 19.7 Å². The molecule has 0 aliphatic heterocycles. The van der Waals surface area contributed by atoms with Crippen LogP contribution in [0.1, 0.15) is 68.2 Å². The standard InChI is InChI=1S/C18H34O2.2CH4O/c1-9-19-17(7,13-15(3)4)11-12-18(8,20-10-2)14-16(5)6;2*1-2/h15-16H,9-10,13-14H2,1-8H3;2*2H,1H3. The average Bonchev–Trinajstić information content (AvgIpc) is 2.48. The number of aliphatic hydroxyl groups is 2. The largest absolute Gasteiger partial charge is 0.400 e. The molecule has 2 unspecified atom stereocenters. The van der Waals surface area contributed by atoms with Crippen molar-refractivity contribution in [2.45, 2.75) is 79.4 Å². The Bertz CT molecular complexity index is 300. The minimum Gasteiger partial charge on any atom is -0.400 e. The maximum Gasteiger partial charge on any atom is 0.126 e. The first kappa shape index (κ1) is 28.2. The Kier molecular flexibility index (Phi) is 18.7. The molecule has 0 rings (SSSR count). The first-order chi connectivity index (χ1) is 11.2. The van der Waals surface area contributed by atoms with Crippen LogP contribution in [-0.4, -0.2) is 48.8 Å². The van der Waals surface area contributed by atoms with E-state index in [9.17, 15) is 0 Å². The summed E-state index contributed by atoms with van der Waals surface area (Å²) in [5.41, 5.74) is -0.753. The number of hydrogen-bond donors (Lipinski definition) is 2. The molecule has 0 aromatic heterocycles. The highest BCUT2D eigenvalue weighted by Crippen LogP contribution is 2.24. The lowest BCUT2D eigenvalue weighted by Gasteiger charge is -2.29. The Hall–Kier alpha value is -0.600. The van der Waals surface area contributed by atoms with Gasteiger partial charge in [-0.3, -0.25) is 0 Å². The Morgan fingerprint density at radius 1 is 0.708 bits per heavy atom. The lowest BCUT2D eigenvalue weighted by Crippen LogP contribution is -2.33. The summed E-state index contributed by atoms with van der Waals surface area (Å²) < 4.78 is 11.8. The van der Waals surface area contributed by atoms with E-state index >= 15 is 0 Å². The van der Waals surface area contributed by atoms with Crippen molar-refractivity contribution in [3.63, 3.8) is 0 Å². The number of ether oxygens (including phenoxy) is 2. The molecule has 0 spiro atoms. The molecule has 0 saturated heterocycles. The zero-order valence-electron chi connectivity index (χ0n) is 17.7. The minimum atomic E-state index is -0.377. The van der Waals surface area contributed by atoms with Gasteiger partial charge in [-0.2, -0.15) is 0 Å². The van der Waals surface area contributed by atoms with E-state index in [1.807, 2.05) is 13.8 Å². The van der Waals surface area contributed by atoms with Gasteiger partial charge in [0, 0.05) is 27.4 Å². The van der Waals surface area contributed by atoms with Crippen LogP contribution in [0.2, 0.25) is 0 Å². The van der Waals surface area contributed by atoms with Gasteiger partial charge in [0.1, 0.15) is 11.2 Å². The molecule has 0 fully saturated rings. The van der Waals surface area contributed by atoms with Crippen LogP contribution in [0.4, 0.5) is 0 Å². The summed E-state index contributed by atoms with van der Waals surface area (Å²) in [5, 5.41) is 14.0. The minimum absolute atomic E-state index is 0.377. The predicted octanol–water partition coefficient (Wildman–Crippen LogP) is 3.89. The van der Waals surface area contributed by atoms with Crippen LogP contribution in [0.25, 0.3) is 0 Å². The second-order valence-electron chi connectivity index (χ2n) is 6.77. The number of rotatable bonds is 8. The van der Waals surface area contributed by atoms with E-state index in [2.05, 4.69) is 53.4 Å². The highest BCUT2D eigenvalue weighted by atomic mass is 16.5. The van der Waals surface area contributed by atoms with Crippen molar-refractivity contribution < 1.29 is 19.7 Å². The van der Waals surface area contributed by atoms with Crippen molar-refractivity contribution >= 4 is 0 Å². The van der Waals surface area contributed by atoms with Crippen LogP contribution in [0.3, 0.4) is 0 Å². The van der Waals surface area contributed by atoms with Gasteiger partial charge in [-0.1, -0.05) is 39.5 Å². The molecule has 2 N–H and O–H groups in total. The molecule has 0 aromatic rings. The fourth-order valence-corrected chi connectivity index (χ4v) is 2.75. The SMILES string of the molecule is CCOC(C)(C#CC(C)(CC(C)C)OCC)CC(C)C.CO.CO. The van der Waals surface area contributed by atoms with Crippen molar-refractivity contribution in [3.8, 4) is 11.8 Å². The van der Waals surface area contributed by atoms with E-state index in [1.165, 1.54) is 0 Å². The lowest BCUT2D eigenvalue weighted by molar-refractivity contribution is -0.00235. The summed E-state index contributed by atoms with van der Waals surface area (Å²) in [4.78, 5) is 0. The van der Waals surface area contributed by atoms with Gasteiger partial charge < -0.3 is 19.7 Å². The second kappa shape index (κ2) is 15.9. The van der Waals surface area contributed by atoms with Crippen molar-refractivity contribution in [1.29, 1.82) is 0 Å². The first-order valence-electron chi connectivity index (χ1n) is 8.88. The van der Waals surface area contributed by atoms with Gasteiger partial charge in [0.05, 0.1) is 0 Å². The fraction of sp³-hybridized carbons (Fsp3) is 0.900. The summed E-state index contributed by atoms with van der Waals surface area (Å²) in [7, 11) is 2.00. The molecule has 0 amide bonds.